The van der Waals surface area contributed by atoms with Crippen LogP contribution in [0.3, 0.4) is 0 Å². The molecule has 4 aliphatic rings. The second kappa shape index (κ2) is 8.56. The predicted octanol–water partition coefficient (Wildman–Crippen LogP) is 1.71. The quantitative estimate of drug-likeness (QED) is 0.691. The number of hydrogen-bond acceptors (Lipinski definition) is 6. The topological polar surface area (TPSA) is 103 Å². The van der Waals surface area contributed by atoms with Gasteiger partial charge in [-0.1, -0.05) is 19.3 Å². The third kappa shape index (κ3) is 4.06. The Labute approximate surface area is 188 Å². The van der Waals surface area contributed by atoms with Crippen LogP contribution in [0.2, 0.25) is 0 Å². The summed E-state index contributed by atoms with van der Waals surface area (Å²) >= 11 is 0. The van der Waals surface area contributed by atoms with Crippen LogP contribution in [0.5, 0.6) is 0 Å². The minimum Gasteiger partial charge on any atom is -0.383 e. The van der Waals surface area contributed by atoms with E-state index in [0.29, 0.717) is 36.2 Å². The van der Waals surface area contributed by atoms with Crippen molar-refractivity contribution in [1.82, 2.24) is 20.1 Å². The number of fused-ring (bicyclic) bond motifs is 1. The number of hydrogen-bond donors (Lipinski definition) is 2. The van der Waals surface area contributed by atoms with Gasteiger partial charge in [-0.2, -0.15) is 0 Å². The second-order valence-corrected chi connectivity index (χ2v) is 9.93. The van der Waals surface area contributed by atoms with Gasteiger partial charge in [-0.25, -0.2) is 0 Å². The first kappa shape index (κ1) is 21.5. The molecule has 1 aliphatic carbocycles. The third-order valence-corrected chi connectivity index (χ3v) is 7.77. The van der Waals surface area contributed by atoms with Gasteiger partial charge in [0.2, 0.25) is 11.8 Å². The molecule has 32 heavy (non-hydrogen) atoms. The van der Waals surface area contributed by atoms with Crippen LogP contribution >= 0.6 is 0 Å². The van der Waals surface area contributed by atoms with E-state index in [1.165, 1.54) is 37.0 Å². The van der Waals surface area contributed by atoms with Gasteiger partial charge in [0.25, 0.3) is 5.91 Å². The molecule has 1 aromatic rings. The van der Waals surface area contributed by atoms with Crippen LogP contribution < -0.4 is 5.32 Å². The van der Waals surface area contributed by atoms with Crippen LogP contribution in [-0.4, -0.2) is 63.3 Å². The molecule has 3 fully saturated rings. The molecule has 8 nitrogen and oxygen atoms in total. The predicted molar refractivity (Wildman–Crippen MR) is 116 cm³/mol. The Kier molecular flexibility index (Phi) is 5.75. The van der Waals surface area contributed by atoms with Crippen LogP contribution in [-0.2, 0) is 21.7 Å². The summed E-state index contributed by atoms with van der Waals surface area (Å²) in [4.78, 5) is 45.2. The maximum absolute atomic E-state index is 12.9. The summed E-state index contributed by atoms with van der Waals surface area (Å²) in [6.45, 7) is 3.07. The standard InChI is InChI=1S/C24H32N4O4/c29-21-9-7-19(22(30)26-21)28-15-18-17(23(28)31)6-8-20(25-18)24(32)10-12-27(13-11-24)14-16-4-2-1-3-5-16/h6,8,16,19,32H,1-5,7,9-15H2,(H,26,29,30). The van der Waals surface area contributed by atoms with E-state index in [2.05, 4.69) is 10.2 Å². The number of carbonyl (C=O) groups is 3. The van der Waals surface area contributed by atoms with Gasteiger partial charge in [0, 0.05) is 26.1 Å². The zero-order chi connectivity index (χ0) is 22.3. The number of imide groups is 1. The molecule has 8 heteroatoms. The van der Waals surface area contributed by atoms with Crippen molar-refractivity contribution in [2.45, 2.75) is 76.0 Å². The van der Waals surface area contributed by atoms with Crippen LogP contribution in [0.1, 0.15) is 79.5 Å². The Hall–Kier alpha value is -2.32. The van der Waals surface area contributed by atoms with Crippen LogP contribution in [0.25, 0.3) is 0 Å². The lowest BCUT2D eigenvalue weighted by atomic mass is 9.85. The molecule has 1 atom stereocenters. The van der Waals surface area contributed by atoms with Gasteiger partial charge >= 0.3 is 0 Å². The highest BCUT2D eigenvalue weighted by Gasteiger charge is 2.41. The number of likely N-dealkylation sites (tertiary alicyclic amines) is 1. The van der Waals surface area contributed by atoms with Gasteiger partial charge in [0.15, 0.2) is 0 Å². The highest BCUT2D eigenvalue weighted by atomic mass is 16.3. The minimum atomic E-state index is -0.983. The third-order valence-electron chi connectivity index (χ3n) is 7.77. The maximum Gasteiger partial charge on any atom is 0.256 e. The van der Waals surface area contributed by atoms with Crippen LogP contribution in [0.4, 0.5) is 0 Å². The Balaban J connectivity index is 1.25. The summed E-state index contributed by atoms with van der Waals surface area (Å²) < 4.78 is 0. The fourth-order valence-electron chi connectivity index (χ4n) is 5.79. The Bertz CT molecular complexity index is 919. The molecule has 1 saturated carbocycles. The number of pyridine rings is 1. The van der Waals surface area contributed by atoms with Gasteiger partial charge in [0.1, 0.15) is 11.6 Å². The molecule has 0 bridgehead atoms. The molecule has 1 unspecified atom stereocenters. The summed E-state index contributed by atoms with van der Waals surface area (Å²) in [5.74, 6) is -0.167. The molecule has 5 rings (SSSR count). The summed E-state index contributed by atoms with van der Waals surface area (Å²) in [7, 11) is 0. The lowest BCUT2D eigenvalue weighted by Crippen LogP contribution is -2.52. The number of rotatable bonds is 4. The molecule has 0 aromatic carbocycles. The van der Waals surface area contributed by atoms with Crippen molar-refractivity contribution >= 4 is 17.7 Å². The molecule has 172 valence electrons. The fourth-order valence-corrected chi connectivity index (χ4v) is 5.79. The number of nitrogens with zero attached hydrogens (tertiary/aromatic N) is 3. The van der Waals surface area contributed by atoms with Crippen molar-refractivity contribution in [2.24, 2.45) is 5.92 Å². The molecule has 3 amide bonds. The Morgan fingerprint density at radius 3 is 2.53 bits per heavy atom. The van der Waals surface area contributed by atoms with Crippen molar-refractivity contribution in [3.05, 3.63) is 29.1 Å². The minimum absolute atomic E-state index is 0.228. The number of nitrogens with one attached hydrogen (secondary N) is 1. The van der Waals surface area contributed by atoms with E-state index in [-0.39, 0.29) is 24.8 Å². The van der Waals surface area contributed by atoms with E-state index in [1.807, 2.05) is 0 Å². The molecule has 0 spiro atoms. The molecule has 3 aliphatic heterocycles. The number of aliphatic hydroxyl groups is 1. The van der Waals surface area contributed by atoms with Crippen molar-refractivity contribution in [2.75, 3.05) is 19.6 Å². The average Bonchev–Trinajstić information content (AvgIpc) is 3.12. The number of amides is 3. The van der Waals surface area contributed by atoms with E-state index < -0.39 is 17.6 Å². The zero-order valence-electron chi connectivity index (χ0n) is 18.5. The first-order valence-corrected chi connectivity index (χ1v) is 12.0. The fraction of sp³-hybridized carbons (Fsp3) is 0.667. The Morgan fingerprint density at radius 1 is 1.06 bits per heavy atom. The van der Waals surface area contributed by atoms with E-state index in [0.717, 1.165) is 25.6 Å². The van der Waals surface area contributed by atoms with Gasteiger partial charge < -0.3 is 14.9 Å². The normalized spacial score (nSPS) is 26.8. The molecule has 1 aromatic heterocycles. The largest absolute Gasteiger partial charge is 0.383 e. The molecular weight excluding hydrogens is 408 g/mol. The van der Waals surface area contributed by atoms with Crippen molar-refractivity contribution < 1.29 is 19.5 Å². The molecular formula is C24H32N4O4. The van der Waals surface area contributed by atoms with Crippen molar-refractivity contribution in [3.8, 4) is 0 Å². The monoisotopic (exact) mass is 440 g/mol. The first-order valence-electron chi connectivity index (χ1n) is 12.0. The lowest BCUT2D eigenvalue weighted by molar-refractivity contribution is -0.136. The smallest absolute Gasteiger partial charge is 0.256 e. The van der Waals surface area contributed by atoms with Crippen molar-refractivity contribution in [3.63, 3.8) is 0 Å². The summed E-state index contributed by atoms with van der Waals surface area (Å²) in [6.07, 6.45) is 8.53. The van der Waals surface area contributed by atoms with Crippen LogP contribution in [0, 0.1) is 5.92 Å². The highest BCUT2D eigenvalue weighted by Crippen LogP contribution is 2.35. The molecule has 0 radical (unpaired) electrons. The van der Waals surface area contributed by atoms with Crippen molar-refractivity contribution in [1.29, 1.82) is 0 Å². The SMILES string of the molecule is O=C1CCC(N2Cc3nc(C4(O)CCN(CC5CCCCC5)CC4)ccc3C2=O)C(=O)N1. The summed E-state index contributed by atoms with van der Waals surface area (Å²) in [5.41, 5.74) is 0.724. The van der Waals surface area contributed by atoms with Gasteiger partial charge in [-0.3, -0.25) is 24.7 Å². The average molecular weight is 441 g/mol. The zero-order valence-corrected chi connectivity index (χ0v) is 18.5. The van der Waals surface area contributed by atoms with E-state index in [9.17, 15) is 19.5 Å². The second-order valence-electron chi connectivity index (χ2n) is 9.93. The number of aromatic nitrogens is 1. The summed E-state index contributed by atoms with van der Waals surface area (Å²) in [6, 6.07) is 2.85. The van der Waals surface area contributed by atoms with E-state index in [4.69, 9.17) is 4.98 Å². The molecule has 2 N–H and O–H groups in total. The van der Waals surface area contributed by atoms with E-state index >= 15 is 0 Å². The lowest BCUT2D eigenvalue weighted by Gasteiger charge is -2.39. The van der Waals surface area contributed by atoms with Gasteiger partial charge in [0.05, 0.1) is 23.5 Å². The molecule has 2 saturated heterocycles. The maximum atomic E-state index is 12.9. The number of carbonyl (C=O) groups excluding carboxylic acids is 3. The highest BCUT2D eigenvalue weighted by molar-refractivity contribution is 6.05. The number of piperidine rings is 2. The first-order chi connectivity index (χ1) is 15.4. The summed E-state index contributed by atoms with van der Waals surface area (Å²) in [5, 5.41) is 13.7. The molecule has 4 heterocycles. The van der Waals surface area contributed by atoms with Gasteiger partial charge in [-0.05, 0) is 50.2 Å². The van der Waals surface area contributed by atoms with Gasteiger partial charge in [-0.15, -0.1) is 0 Å². The van der Waals surface area contributed by atoms with Crippen LogP contribution in [0.15, 0.2) is 12.1 Å². The Morgan fingerprint density at radius 2 is 1.81 bits per heavy atom. The van der Waals surface area contributed by atoms with E-state index in [1.54, 1.807) is 12.1 Å².